The molecule has 164 valence electrons. The van der Waals surface area contributed by atoms with Gasteiger partial charge in [0.25, 0.3) is 5.91 Å². The van der Waals surface area contributed by atoms with Crippen LogP contribution in [-0.2, 0) is 4.79 Å². The molecule has 32 heavy (non-hydrogen) atoms. The molecule has 0 atom stereocenters. The Labute approximate surface area is 189 Å². The zero-order valence-corrected chi connectivity index (χ0v) is 18.7. The molecule has 4 N–H and O–H groups in total. The maximum absolute atomic E-state index is 12.1. The zero-order valence-electron chi connectivity index (χ0n) is 17.9. The maximum Gasteiger partial charge on any atom is 0.258 e. The smallest absolute Gasteiger partial charge is 0.258 e. The van der Waals surface area contributed by atoms with Crippen molar-refractivity contribution in [3.05, 3.63) is 48.1 Å². The van der Waals surface area contributed by atoms with Crippen molar-refractivity contribution in [1.82, 2.24) is 25.3 Å². The monoisotopic (exact) mass is 449 g/mol. The lowest BCUT2D eigenvalue weighted by Crippen LogP contribution is -2.43. The third kappa shape index (κ3) is 5.27. The molecule has 0 aliphatic rings. The van der Waals surface area contributed by atoms with E-state index in [4.69, 9.17) is 15.5 Å². The van der Waals surface area contributed by atoms with Gasteiger partial charge >= 0.3 is 0 Å². The summed E-state index contributed by atoms with van der Waals surface area (Å²) in [7, 11) is 0. The number of anilines is 3. The quantitative estimate of drug-likeness (QED) is 0.406. The SMILES string of the molecule is CC(C)(C)NC(=O)COc1cccc(-c2nc(Nc3cnc(N)nc3)c3sccc3n2)c1. The van der Waals surface area contributed by atoms with E-state index in [1.807, 2.05) is 50.4 Å². The van der Waals surface area contributed by atoms with Crippen LogP contribution in [0.4, 0.5) is 17.5 Å². The Morgan fingerprint density at radius 1 is 1.16 bits per heavy atom. The predicted octanol–water partition coefficient (Wildman–Crippen LogP) is 3.77. The van der Waals surface area contributed by atoms with Crippen molar-refractivity contribution in [3.8, 4) is 17.1 Å². The van der Waals surface area contributed by atoms with Gasteiger partial charge < -0.3 is 21.1 Å². The number of hydrogen-bond acceptors (Lipinski definition) is 9. The second-order valence-electron chi connectivity index (χ2n) is 8.10. The average Bonchev–Trinajstić information content (AvgIpc) is 3.22. The van der Waals surface area contributed by atoms with E-state index >= 15 is 0 Å². The summed E-state index contributed by atoms with van der Waals surface area (Å²) in [6, 6.07) is 9.28. The van der Waals surface area contributed by atoms with Gasteiger partial charge in [0, 0.05) is 11.1 Å². The summed E-state index contributed by atoms with van der Waals surface area (Å²) >= 11 is 1.54. The van der Waals surface area contributed by atoms with Crippen molar-refractivity contribution in [3.63, 3.8) is 0 Å². The van der Waals surface area contributed by atoms with Crippen LogP contribution in [0.2, 0.25) is 0 Å². The molecule has 3 heterocycles. The number of ether oxygens (including phenoxy) is 1. The minimum Gasteiger partial charge on any atom is -0.484 e. The van der Waals surface area contributed by atoms with Crippen LogP contribution in [0.3, 0.4) is 0 Å². The first kappa shape index (κ1) is 21.4. The Bertz CT molecular complexity index is 1250. The molecule has 0 aliphatic heterocycles. The van der Waals surface area contributed by atoms with Crippen molar-refractivity contribution in [2.24, 2.45) is 0 Å². The molecule has 10 heteroatoms. The predicted molar refractivity (Wildman–Crippen MR) is 126 cm³/mol. The standard InChI is InChI=1S/C22H23N7O2S/c1-22(2,3)29-17(30)12-31-15-6-4-5-13(9-15)19-27-16-7-8-32-18(16)20(28-19)26-14-10-24-21(23)25-11-14/h4-11H,12H2,1-3H3,(H,29,30)(H2,23,24,25)(H,26,27,28). The van der Waals surface area contributed by atoms with E-state index in [1.54, 1.807) is 18.5 Å². The number of nitrogens with two attached hydrogens (primary N) is 1. The van der Waals surface area contributed by atoms with Crippen molar-refractivity contribution >= 4 is 44.9 Å². The molecule has 0 aliphatic carbocycles. The summed E-state index contributed by atoms with van der Waals surface area (Å²) in [5.41, 5.74) is 7.51. The second kappa shape index (κ2) is 8.75. The van der Waals surface area contributed by atoms with E-state index in [0.29, 0.717) is 23.1 Å². The highest BCUT2D eigenvalue weighted by Crippen LogP contribution is 2.31. The molecule has 0 saturated carbocycles. The number of nitrogens with zero attached hydrogens (tertiary/aromatic N) is 4. The maximum atomic E-state index is 12.1. The van der Waals surface area contributed by atoms with Gasteiger partial charge in [0.05, 0.1) is 28.3 Å². The Hall–Kier alpha value is -3.79. The van der Waals surface area contributed by atoms with Gasteiger partial charge in [-0.25, -0.2) is 19.9 Å². The minimum absolute atomic E-state index is 0.0743. The van der Waals surface area contributed by atoms with Crippen LogP contribution in [0.1, 0.15) is 20.8 Å². The van der Waals surface area contributed by atoms with E-state index in [2.05, 4.69) is 25.6 Å². The molecule has 4 aromatic rings. The number of carbonyl (C=O) groups excluding carboxylic acids is 1. The Kier molecular flexibility index (Phi) is 5.87. The van der Waals surface area contributed by atoms with Gasteiger partial charge in [-0.05, 0) is 44.4 Å². The van der Waals surface area contributed by atoms with Crippen LogP contribution >= 0.6 is 11.3 Å². The fourth-order valence-electron chi connectivity index (χ4n) is 2.94. The molecule has 1 amide bonds. The summed E-state index contributed by atoms with van der Waals surface area (Å²) < 4.78 is 6.59. The Morgan fingerprint density at radius 3 is 2.69 bits per heavy atom. The number of benzene rings is 1. The lowest BCUT2D eigenvalue weighted by Gasteiger charge is -2.20. The fourth-order valence-corrected chi connectivity index (χ4v) is 3.72. The van der Waals surface area contributed by atoms with Gasteiger partial charge in [-0.3, -0.25) is 4.79 Å². The van der Waals surface area contributed by atoms with Crippen molar-refractivity contribution < 1.29 is 9.53 Å². The Balaban J connectivity index is 1.59. The highest BCUT2D eigenvalue weighted by atomic mass is 32.1. The molecule has 0 unspecified atom stereocenters. The molecule has 0 saturated heterocycles. The minimum atomic E-state index is -0.314. The number of carbonyl (C=O) groups is 1. The van der Waals surface area contributed by atoms with E-state index in [9.17, 15) is 4.79 Å². The molecular weight excluding hydrogens is 426 g/mol. The van der Waals surface area contributed by atoms with Gasteiger partial charge in [-0.2, -0.15) is 0 Å². The molecule has 0 radical (unpaired) electrons. The van der Waals surface area contributed by atoms with E-state index in [0.717, 1.165) is 15.8 Å². The number of amides is 1. The van der Waals surface area contributed by atoms with Crippen LogP contribution in [0.25, 0.3) is 21.6 Å². The van der Waals surface area contributed by atoms with Gasteiger partial charge in [0.1, 0.15) is 5.75 Å². The number of fused-ring (bicyclic) bond motifs is 1. The second-order valence-corrected chi connectivity index (χ2v) is 9.02. The van der Waals surface area contributed by atoms with Gasteiger partial charge in [-0.15, -0.1) is 11.3 Å². The number of hydrogen-bond donors (Lipinski definition) is 3. The van der Waals surface area contributed by atoms with E-state index in [-0.39, 0.29) is 24.0 Å². The first-order chi connectivity index (χ1) is 15.3. The van der Waals surface area contributed by atoms with Gasteiger partial charge in [0.2, 0.25) is 5.95 Å². The average molecular weight is 450 g/mol. The topological polar surface area (TPSA) is 128 Å². The highest BCUT2D eigenvalue weighted by molar-refractivity contribution is 7.17. The van der Waals surface area contributed by atoms with Crippen LogP contribution < -0.4 is 21.1 Å². The summed E-state index contributed by atoms with van der Waals surface area (Å²) in [6.07, 6.45) is 3.20. The largest absolute Gasteiger partial charge is 0.484 e. The first-order valence-electron chi connectivity index (χ1n) is 9.91. The summed E-state index contributed by atoms with van der Waals surface area (Å²) in [6.45, 7) is 5.69. The molecule has 0 fully saturated rings. The number of aromatic nitrogens is 4. The lowest BCUT2D eigenvalue weighted by molar-refractivity contribution is -0.124. The number of rotatable bonds is 6. The summed E-state index contributed by atoms with van der Waals surface area (Å²) in [4.78, 5) is 29.5. The van der Waals surface area contributed by atoms with Crippen molar-refractivity contribution in [2.45, 2.75) is 26.3 Å². The van der Waals surface area contributed by atoms with Crippen molar-refractivity contribution in [1.29, 1.82) is 0 Å². The van der Waals surface area contributed by atoms with Crippen LogP contribution in [-0.4, -0.2) is 38.0 Å². The summed E-state index contributed by atoms with van der Waals surface area (Å²) in [5.74, 6) is 1.75. The highest BCUT2D eigenvalue weighted by Gasteiger charge is 2.15. The van der Waals surface area contributed by atoms with Crippen molar-refractivity contribution in [2.75, 3.05) is 17.7 Å². The molecule has 1 aromatic carbocycles. The number of nitrogens with one attached hydrogen (secondary N) is 2. The van der Waals surface area contributed by atoms with Crippen LogP contribution in [0.5, 0.6) is 5.75 Å². The van der Waals surface area contributed by atoms with Gasteiger partial charge in [-0.1, -0.05) is 12.1 Å². The third-order valence-corrected chi connectivity index (χ3v) is 5.13. The van der Waals surface area contributed by atoms with Gasteiger partial charge in [0.15, 0.2) is 18.2 Å². The molecule has 4 rings (SSSR count). The molecular formula is C22H23N7O2S. The zero-order chi connectivity index (χ0) is 22.7. The lowest BCUT2D eigenvalue weighted by atomic mass is 10.1. The normalized spacial score (nSPS) is 11.3. The Morgan fingerprint density at radius 2 is 1.94 bits per heavy atom. The third-order valence-electron chi connectivity index (χ3n) is 4.21. The molecule has 0 bridgehead atoms. The number of nitrogen functional groups attached to an aromatic ring is 1. The van der Waals surface area contributed by atoms with Crippen LogP contribution in [0.15, 0.2) is 48.1 Å². The molecule has 0 spiro atoms. The van der Waals surface area contributed by atoms with E-state index < -0.39 is 0 Å². The fraction of sp³-hybridized carbons (Fsp3) is 0.227. The van der Waals surface area contributed by atoms with E-state index in [1.165, 1.54) is 11.3 Å². The molecule has 3 aromatic heterocycles. The first-order valence-corrected chi connectivity index (χ1v) is 10.8. The van der Waals surface area contributed by atoms with Crippen LogP contribution in [0, 0.1) is 0 Å². The number of thiophene rings is 1. The molecule has 9 nitrogen and oxygen atoms in total. The summed E-state index contributed by atoms with van der Waals surface area (Å²) in [5, 5.41) is 8.07.